The fourth-order valence-electron chi connectivity index (χ4n) is 2.32. The summed E-state index contributed by atoms with van der Waals surface area (Å²) in [7, 11) is 0. The first-order valence-electron chi connectivity index (χ1n) is 6.99. The van der Waals surface area contributed by atoms with E-state index in [4.69, 9.17) is 9.47 Å². The average Bonchev–Trinajstić information content (AvgIpc) is 2.84. The number of carboxylic acids is 1. The molecule has 1 atom stereocenters. The van der Waals surface area contributed by atoms with Crippen LogP contribution in [-0.2, 0) is 11.3 Å². The molecule has 6 heteroatoms. The minimum atomic E-state index is -0.749. The fourth-order valence-corrected chi connectivity index (χ4v) is 2.78. The topological polar surface area (TPSA) is 67.8 Å². The zero-order valence-corrected chi connectivity index (χ0v) is 13.8. The molecule has 21 heavy (non-hydrogen) atoms. The van der Waals surface area contributed by atoms with Crippen molar-refractivity contribution in [2.75, 3.05) is 13.3 Å². The van der Waals surface area contributed by atoms with Crippen molar-refractivity contribution in [3.05, 3.63) is 22.2 Å². The normalized spacial score (nSPS) is 14.5. The number of ether oxygens (including phenoxy) is 2. The van der Waals surface area contributed by atoms with Crippen LogP contribution in [0.25, 0.3) is 0 Å². The molecule has 5 nitrogen and oxygen atoms in total. The Balaban J connectivity index is 1.92. The summed E-state index contributed by atoms with van der Waals surface area (Å²) in [5.41, 5.74) is 1.02. The van der Waals surface area contributed by atoms with Gasteiger partial charge in [0.15, 0.2) is 11.5 Å². The largest absolute Gasteiger partial charge is 0.481 e. The number of halogens is 1. The molecule has 1 aromatic rings. The SMILES string of the molecule is CC(C)CC(CNCc1cc2c(cc1Br)OCO2)C(=O)O. The highest BCUT2D eigenvalue weighted by molar-refractivity contribution is 9.10. The van der Waals surface area contributed by atoms with Gasteiger partial charge in [-0.3, -0.25) is 4.79 Å². The molecule has 1 aliphatic rings. The monoisotopic (exact) mass is 357 g/mol. The molecule has 2 N–H and O–H groups in total. The summed E-state index contributed by atoms with van der Waals surface area (Å²) in [4.78, 5) is 11.2. The lowest BCUT2D eigenvalue weighted by Crippen LogP contribution is -2.29. The standard InChI is InChI=1S/C15H20BrNO4/c1-9(2)3-11(15(18)19)7-17-6-10-4-13-14(5-12(10)16)21-8-20-13/h4-5,9,11,17H,3,6-8H2,1-2H3,(H,18,19). The predicted octanol–water partition coefficient (Wildman–Crippen LogP) is 3.01. The second-order valence-electron chi connectivity index (χ2n) is 5.59. The highest BCUT2D eigenvalue weighted by Crippen LogP contribution is 2.36. The Hall–Kier alpha value is -1.27. The van der Waals surface area contributed by atoms with Crippen LogP contribution in [0.15, 0.2) is 16.6 Å². The molecular weight excluding hydrogens is 338 g/mol. The van der Waals surface area contributed by atoms with Crippen molar-refractivity contribution in [1.82, 2.24) is 5.32 Å². The molecule has 2 rings (SSSR count). The summed E-state index contributed by atoms with van der Waals surface area (Å²) in [5.74, 6) is 0.713. The quantitative estimate of drug-likeness (QED) is 0.784. The summed E-state index contributed by atoms with van der Waals surface area (Å²) in [5, 5.41) is 12.4. The van der Waals surface area contributed by atoms with E-state index in [2.05, 4.69) is 21.2 Å². The van der Waals surface area contributed by atoms with Crippen molar-refractivity contribution in [2.45, 2.75) is 26.8 Å². The minimum Gasteiger partial charge on any atom is -0.481 e. The van der Waals surface area contributed by atoms with E-state index in [1.165, 1.54) is 0 Å². The Morgan fingerprint density at radius 3 is 2.67 bits per heavy atom. The van der Waals surface area contributed by atoms with Gasteiger partial charge < -0.3 is 19.9 Å². The molecule has 116 valence electrons. The smallest absolute Gasteiger partial charge is 0.307 e. The van der Waals surface area contributed by atoms with Crippen LogP contribution in [0.3, 0.4) is 0 Å². The number of carboxylic acid groups (broad SMARTS) is 1. The molecular formula is C15H20BrNO4. The number of carbonyl (C=O) groups is 1. The Morgan fingerprint density at radius 2 is 2.05 bits per heavy atom. The van der Waals surface area contributed by atoms with Crippen LogP contribution in [0.1, 0.15) is 25.8 Å². The number of nitrogens with one attached hydrogen (secondary N) is 1. The molecule has 0 bridgehead atoms. The second kappa shape index (κ2) is 7.13. The lowest BCUT2D eigenvalue weighted by atomic mass is 9.97. The number of aliphatic carboxylic acids is 1. The molecule has 0 aromatic heterocycles. The highest BCUT2D eigenvalue weighted by atomic mass is 79.9. The number of rotatable bonds is 7. The molecule has 0 saturated carbocycles. The van der Waals surface area contributed by atoms with Gasteiger partial charge in [0.2, 0.25) is 6.79 Å². The Bertz CT molecular complexity index is 519. The van der Waals surface area contributed by atoms with E-state index < -0.39 is 5.97 Å². The van der Waals surface area contributed by atoms with Gasteiger partial charge in [0.1, 0.15) is 0 Å². The Morgan fingerprint density at radius 1 is 1.38 bits per heavy atom. The molecule has 0 radical (unpaired) electrons. The van der Waals surface area contributed by atoms with Crippen molar-refractivity contribution in [1.29, 1.82) is 0 Å². The number of hydrogen-bond donors (Lipinski definition) is 2. The first-order valence-corrected chi connectivity index (χ1v) is 7.78. The molecule has 0 aliphatic carbocycles. The van der Waals surface area contributed by atoms with Gasteiger partial charge in [-0.1, -0.05) is 29.8 Å². The van der Waals surface area contributed by atoms with Gasteiger partial charge in [-0.15, -0.1) is 0 Å². The zero-order chi connectivity index (χ0) is 15.4. The van der Waals surface area contributed by atoms with Gasteiger partial charge in [-0.25, -0.2) is 0 Å². The summed E-state index contributed by atoms with van der Waals surface area (Å²) >= 11 is 3.49. The second-order valence-corrected chi connectivity index (χ2v) is 6.45. The summed E-state index contributed by atoms with van der Waals surface area (Å²) in [6, 6.07) is 3.79. The van der Waals surface area contributed by atoms with Crippen molar-refractivity contribution in [3.63, 3.8) is 0 Å². The lowest BCUT2D eigenvalue weighted by molar-refractivity contribution is -0.142. The van der Waals surface area contributed by atoms with Crippen LogP contribution < -0.4 is 14.8 Å². The van der Waals surface area contributed by atoms with E-state index in [9.17, 15) is 9.90 Å². The maximum atomic E-state index is 11.2. The van der Waals surface area contributed by atoms with Gasteiger partial charge >= 0.3 is 5.97 Å². The molecule has 1 unspecified atom stereocenters. The summed E-state index contributed by atoms with van der Waals surface area (Å²) in [6.45, 7) is 5.34. The zero-order valence-electron chi connectivity index (χ0n) is 12.2. The fraction of sp³-hybridized carbons (Fsp3) is 0.533. The molecule has 0 saturated heterocycles. The van der Waals surface area contributed by atoms with Crippen molar-refractivity contribution >= 4 is 21.9 Å². The molecule has 0 fully saturated rings. The molecule has 1 heterocycles. The summed E-state index contributed by atoms with van der Waals surface area (Å²) in [6.07, 6.45) is 0.671. The van der Waals surface area contributed by atoms with Crippen LogP contribution >= 0.6 is 15.9 Å². The Labute approximate surface area is 132 Å². The number of benzene rings is 1. The third-order valence-electron chi connectivity index (χ3n) is 3.35. The number of hydrogen-bond acceptors (Lipinski definition) is 4. The van der Waals surface area contributed by atoms with E-state index in [0.29, 0.717) is 25.4 Å². The lowest BCUT2D eigenvalue weighted by Gasteiger charge is -2.16. The third-order valence-corrected chi connectivity index (χ3v) is 4.09. The first kappa shape index (κ1) is 16.1. The van der Waals surface area contributed by atoms with Gasteiger partial charge in [-0.05, 0) is 30.0 Å². The van der Waals surface area contributed by atoms with Crippen molar-refractivity contribution < 1.29 is 19.4 Å². The van der Waals surface area contributed by atoms with E-state index >= 15 is 0 Å². The highest BCUT2D eigenvalue weighted by Gasteiger charge is 2.19. The van der Waals surface area contributed by atoms with Crippen LogP contribution in [0, 0.1) is 11.8 Å². The van der Waals surface area contributed by atoms with Gasteiger partial charge in [0, 0.05) is 17.6 Å². The van der Waals surface area contributed by atoms with Gasteiger partial charge in [0.25, 0.3) is 0 Å². The minimum absolute atomic E-state index is 0.244. The first-order chi connectivity index (χ1) is 9.97. The van der Waals surface area contributed by atoms with Crippen molar-refractivity contribution in [2.24, 2.45) is 11.8 Å². The molecule has 1 aliphatic heterocycles. The van der Waals surface area contributed by atoms with Crippen LogP contribution in [-0.4, -0.2) is 24.4 Å². The van der Waals surface area contributed by atoms with E-state index in [1.54, 1.807) is 0 Å². The molecule has 1 aromatic carbocycles. The predicted molar refractivity (Wildman–Crippen MR) is 82.6 cm³/mol. The average molecular weight is 358 g/mol. The van der Waals surface area contributed by atoms with Gasteiger partial charge in [0.05, 0.1) is 5.92 Å². The maximum absolute atomic E-state index is 11.2. The van der Waals surface area contributed by atoms with Crippen LogP contribution in [0.5, 0.6) is 11.5 Å². The van der Waals surface area contributed by atoms with Crippen molar-refractivity contribution in [3.8, 4) is 11.5 Å². The molecule has 0 spiro atoms. The maximum Gasteiger partial charge on any atom is 0.307 e. The number of fused-ring (bicyclic) bond motifs is 1. The molecule has 0 amide bonds. The van der Waals surface area contributed by atoms with Gasteiger partial charge in [-0.2, -0.15) is 0 Å². The van der Waals surface area contributed by atoms with Crippen LogP contribution in [0.2, 0.25) is 0 Å². The Kier molecular flexibility index (Phi) is 5.47. The van der Waals surface area contributed by atoms with E-state index in [1.807, 2.05) is 26.0 Å². The van der Waals surface area contributed by atoms with E-state index in [-0.39, 0.29) is 12.7 Å². The van der Waals surface area contributed by atoms with E-state index in [0.717, 1.165) is 21.5 Å². The third kappa shape index (κ3) is 4.35. The summed E-state index contributed by atoms with van der Waals surface area (Å²) < 4.78 is 11.6. The van der Waals surface area contributed by atoms with Crippen LogP contribution in [0.4, 0.5) is 0 Å².